The van der Waals surface area contributed by atoms with Gasteiger partial charge in [-0.25, -0.2) is 4.79 Å². The Balaban J connectivity index is 1.59. The minimum Gasteiger partial charge on any atom is -0.508 e. The lowest BCUT2D eigenvalue weighted by Crippen LogP contribution is -2.61. The zero-order valence-corrected chi connectivity index (χ0v) is 56.5. The number of nitrogens with zero attached hydrogens (tertiary/aromatic N) is 4. The second kappa shape index (κ2) is 41.8. The van der Waals surface area contributed by atoms with E-state index >= 15 is 9.59 Å². The molecule has 28 N–H and O–H groups in total. The van der Waals surface area contributed by atoms with Crippen LogP contribution >= 0.6 is 21.6 Å². The summed E-state index contributed by atoms with van der Waals surface area (Å²) in [5.74, 6) is -10.2. The van der Waals surface area contributed by atoms with Crippen LogP contribution in [-0.2, 0) is 60.8 Å². The molecule has 35 heteroatoms. The molecule has 2 aliphatic rings. The first-order valence-electron chi connectivity index (χ1n) is 32.7. The van der Waals surface area contributed by atoms with Crippen molar-refractivity contribution in [3.63, 3.8) is 0 Å². The van der Waals surface area contributed by atoms with Gasteiger partial charge in [-0.1, -0.05) is 76.2 Å². The number of aromatic hydroxyl groups is 1. The maximum Gasteiger partial charge on any atom is 0.326 e. The number of rotatable bonds is 33. The number of amides is 9. The van der Waals surface area contributed by atoms with E-state index in [2.05, 4.69) is 57.5 Å². The number of phenols is 1. The quantitative estimate of drug-likeness (QED) is 0.0121. The molecule has 98 heavy (non-hydrogen) atoms. The topological polar surface area (TPSA) is 582 Å². The number of phenolic OH excluding ortho intramolecular Hbond substituents is 1. The third-order valence-corrected chi connectivity index (χ3v) is 18.6. The van der Waals surface area contributed by atoms with Gasteiger partial charge >= 0.3 is 5.97 Å². The van der Waals surface area contributed by atoms with Gasteiger partial charge in [0.1, 0.15) is 60.1 Å². The average Bonchev–Trinajstić information content (AvgIpc) is 1.55. The van der Waals surface area contributed by atoms with E-state index in [0.717, 1.165) is 32.4 Å². The van der Waals surface area contributed by atoms with Gasteiger partial charge in [-0.05, 0) is 137 Å². The molecule has 0 unspecified atom stereocenters. The second-order valence-electron chi connectivity index (χ2n) is 23.9. The molecule has 0 spiro atoms. The number of hydrogen-bond donors (Lipinski definition) is 19. The number of guanidine groups is 3. The van der Waals surface area contributed by atoms with E-state index < -0.39 is 120 Å². The van der Waals surface area contributed by atoms with Crippen molar-refractivity contribution in [3.05, 3.63) is 77.9 Å². The lowest BCUT2D eigenvalue weighted by Gasteiger charge is -2.31. The van der Waals surface area contributed by atoms with Crippen molar-refractivity contribution in [2.45, 2.75) is 163 Å². The van der Waals surface area contributed by atoms with Crippen molar-refractivity contribution >= 4 is 109 Å². The van der Waals surface area contributed by atoms with Crippen molar-refractivity contribution in [1.29, 1.82) is 0 Å². The number of carboxylic acids is 1. The van der Waals surface area contributed by atoms with Gasteiger partial charge in [0, 0.05) is 50.5 Å². The van der Waals surface area contributed by atoms with Gasteiger partial charge in [0.2, 0.25) is 53.2 Å². The van der Waals surface area contributed by atoms with Crippen LogP contribution in [0.3, 0.4) is 0 Å². The Morgan fingerprint density at radius 3 is 1.76 bits per heavy atom. The molecule has 3 aromatic rings. The van der Waals surface area contributed by atoms with Crippen LogP contribution < -0.4 is 94.1 Å². The molecule has 2 heterocycles. The van der Waals surface area contributed by atoms with Crippen molar-refractivity contribution < 1.29 is 58.2 Å². The monoisotopic (exact) mass is 1400 g/mol. The molecule has 5 rings (SSSR count). The lowest BCUT2D eigenvalue weighted by molar-refractivity contribution is -0.143. The van der Waals surface area contributed by atoms with Crippen LogP contribution in [0.2, 0.25) is 0 Å². The van der Waals surface area contributed by atoms with E-state index in [-0.39, 0.29) is 139 Å². The molecule has 538 valence electrons. The first-order valence-corrected chi connectivity index (χ1v) is 35.1. The smallest absolute Gasteiger partial charge is 0.326 e. The molecule has 10 atom stereocenters. The highest BCUT2D eigenvalue weighted by Crippen LogP contribution is 2.26. The van der Waals surface area contributed by atoms with Crippen molar-refractivity contribution in [2.24, 2.45) is 66.6 Å². The Bertz CT molecular complexity index is 3260. The number of carbonyl (C=O) groups is 10. The summed E-state index contributed by atoms with van der Waals surface area (Å²) in [6, 6.07) is 4.90. The van der Waals surface area contributed by atoms with Crippen LogP contribution in [0.25, 0.3) is 10.8 Å². The van der Waals surface area contributed by atoms with Gasteiger partial charge in [0.25, 0.3) is 0 Å². The molecular weight excluding hydrogens is 1310 g/mol. The molecule has 0 saturated carbocycles. The van der Waals surface area contributed by atoms with Gasteiger partial charge in [0.05, 0.1) is 6.04 Å². The predicted molar refractivity (Wildman–Crippen MR) is 376 cm³/mol. The van der Waals surface area contributed by atoms with Crippen molar-refractivity contribution in [2.75, 3.05) is 50.8 Å². The van der Waals surface area contributed by atoms with Gasteiger partial charge in [-0.2, -0.15) is 0 Å². The molecule has 2 aliphatic heterocycles. The van der Waals surface area contributed by atoms with Crippen LogP contribution in [0, 0.1) is 0 Å². The maximum atomic E-state index is 15.1. The molecule has 2 saturated heterocycles. The molecule has 9 amide bonds. The summed E-state index contributed by atoms with van der Waals surface area (Å²) in [6.45, 7) is 0.727. The largest absolute Gasteiger partial charge is 0.508 e. The lowest BCUT2D eigenvalue weighted by atomic mass is 10.00. The third-order valence-electron chi connectivity index (χ3n) is 16.1. The summed E-state index contributed by atoms with van der Waals surface area (Å²) in [4.78, 5) is 158. The summed E-state index contributed by atoms with van der Waals surface area (Å²) >= 11 is 0. The van der Waals surface area contributed by atoms with E-state index in [0.29, 0.717) is 49.7 Å². The zero-order valence-electron chi connectivity index (χ0n) is 54.9. The highest BCUT2D eigenvalue weighted by Gasteiger charge is 2.41. The number of aliphatic imine (C=N–C) groups is 3. The highest BCUT2D eigenvalue weighted by molar-refractivity contribution is 8.76. The first-order chi connectivity index (χ1) is 46.9. The van der Waals surface area contributed by atoms with Gasteiger partial charge in [-0.15, -0.1) is 0 Å². The Hall–Kier alpha value is -9.19. The van der Waals surface area contributed by atoms with Gasteiger partial charge in [-0.3, -0.25) is 58.1 Å². The molecule has 0 aliphatic carbocycles. The molecule has 0 radical (unpaired) electrons. The Morgan fingerprint density at radius 1 is 0.582 bits per heavy atom. The summed E-state index contributed by atoms with van der Waals surface area (Å²) in [5.41, 5.74) is 52.5. The molecule has 0 bridgehead atoms. The highest BCUT2D eigenvalue weighted by atomic mass is 33.1. The standard InChI is InChI=1S/C63H97N21O12S2/c64-25-5-3-14-42-52(87)78-44(15-4-6-26-65)59(94)84-30-10-18-50(84)58(93)81-46(32-36-20-23-40(85)24-21-36)55(90)83-49(57(92)79-45(60(95)96)17-9-29-75-63(71)72)35-98-97-34-48(56(91)77-42)82-53(88)43(16-8-28-74-62(69)70)76-54(89)47(80-51(86)41(66)13-7-27-73-61(67)68)33-37-19-22-38-11-1-2-12-39(38)31-37/h1-2,11-12,19-24,31,41-50,85H,3-10,13-18,25-30,32-35,64-66H2,(H,76,89)(H,77,91)(H,78,87)(H,79,92)(H,80,86)(H,81,93)(H,82,88)(H,83,90)(H,95,96)(H4,67,68,73)(H4,69,70,74)(H4,71,72,75)/t41-,42-,43-,44+,45-,46-,47-,48-,49-,50-/m0/s1. The number of aliphatic carboxylic acids is 1. The van der Waals surface area contributed by atoms with Crippen molar-refractivity contribution in [1.82, 2.24) is 47.4 Å². The number of carboxylic acid groups (broad SMARTS) is 1. The minimum atomic E-state index is -1.58. The summed E-state index contributed by atoms with van der Waals surface area (Å²) in [6.07, 6.45) is 2.13. The Morgan fingerprint density at radius 2 is 1.13 bits per heavy atom. The van der Waals surface area contributed by atoms with E-state index in [4.69, 9.17) is 51.6 Å². The van der Waals surface area contributed by atoms with Crippen LogP contribution in [-0.4, -0.2) is 203 Å². The number of benzene rings is 3. The van der Waals surface area contributed by atoms with E-state index in [9.17, 15) is 48.6 Å². The summed E-state index contributed by atoms with van der Waals surface area (Å²) in [5, 5.41) is 44.0. The number of unbranched alkanes of at least 4 members (excludes halogenated alkanes) is 2. The van der Waals surface area contributed by atoms with E-state index in [1.807, 2.05) is 36.4 Å². The third kappa shape index (κ3) is 27.4. The minimum absolute atomic E-state index is 0.00591. The van der Waals surface area contributed by atoms with Crippen molar-refractivity contribution in [3.8, 4) is 5.75 Å². The summed E-state index contributed by atoms with van der Waals surface area (Å²) < 4.78 is 0. The van der Waals surface area contributed by atoms with Crippen LogP contribution in [0.15, 0.2) is 81.7 Å². The average molecular weight is 1400 g/mol. The van der Waals surface area contributed by atoms with Crippen LogP contribution in [0.5, 0.6) is 5.75 Å². The maximum absolute atomic E-state index is 15.1. The van der Waals surface area contributed by atoms with Crippen LogP contribution in [0.1, 0.15) is 101 Å². The fraction of sp³-hybridized carbons (Fsp3) is 0.540. The fourth-order valence-electron chi connectivity index (χ4n) is 10.9. The fourth-order valence-corrected chi connectivity index (χ4v) is 13.2. The normalized spacial score (nSPS) is 20.0. The van der Waals surface area contributed by atoms with E-state index in [1.54, 1.807) is 6.07 Å². The van der Waals surface area contributed by atoms with E-state index in [1.165, 1.54) is 29.2 Å². The predicted octanol–water partition coefficient (Wildman–Crippen LogP) is -3.57. The molecule has 0 aromatic heterocycles. The number of nitrogens with one attached hydrogen (secondary N) is 8. The number of carbonyl (C=O) groups excluding carboxylic acids is 9. The molecule has 2 fully saturated rings. The Kier molecular flexibility index (Phi) is 33.9. The van der Waals surface area contributed by atoms with Crippen LogP contribution in [0.4, 0.5) is 0 Å². The Labute approximate surface area is 576 Å². The van der Waals surface area contributed by atoms with Gasteiger partial charge in [0.15, 0.2) is 17.9 Å². The number of nitrogens with two attached hydrogens (primary N) is 9. The van der Waals surface area contributed by atoms with Gasteiger partial charge < -0.3 is 109 Å². The summed E-state index contributed by atoms with van der Waals surface area (Å²) in [7, 11) is 1.84. The first kappa shape index (κ1) is 79.5. The second-order valence-corrected chi connectivity index (χ2v) is 26.4. The SMILES string of the molecule is NCCCC[C@@H]1NC(=O)[C@@H](NC(=O)[C@H](CCCN=C(N)N)NC(=O)[C@H](Cc2ccc3ccccc3c2)NC(=O)[C@@H](N)CCCN=C(N)N)CSSC[C@@H](C(=O)N[C@@H](CCCN=C(N)N)C(=O)O)NC(=O)[C@H](Cc2ccc(O)cc2)NC(=O)[C@@H]2CCCN2C(=O)[C@@H](CCCCN)NC1=O. The number of fused-ring (bicyclic) bond motifs is 2. The molecule has 3 aromatic carbocycles. The molecular formula is C63H97N21O12S2. The molecule has 33 nitrogen and oxygen atoms in total. The zero-order chi connectivity index (χ0) is 71.7. The number of hydrogen-bond acceptors (Lipinski definition) is 19.